The normalized spacial score (nSPS) is 10.4. The Balaban J connectivity index is 1.76. The molecular formula is C15H16N4O. The van der Waals surface area contributed by atoms with E-state index in [0.29, 0.717) is 0 Å². The molecule has 1 amide bonds. The number of anilines is 1. The van der Waals surface area contributed by atoms with E-state index >= 15 is 0 Å². The average molecular weight is 268 g/mol. The van der Waals surface area contributed by atoms with Crippen molar-refractivity contribution in [2.45, 2.75) is 6.92 Å². The van der Waals surface area contributed by atoms with Crippen molar-refractivity contribution < 1.29 is 4.79 Å². The first-order valence-corrected chi connectivity index (χ1v) is 6.26. The summed E-state index contributed by atoms with van der Waals surface area (Å²) >= 11 is 0. The maximum Gasteiger partial charge on any atom is 0.259 e. The van der Waals surface area contributed by atoms with E-state index in [4.69, 9.17) is 0 Å². The van der Waals surface area contributed by atoms with E-state index in [-0.39, 0.29) is 12.5 Å². The number of aromatic nitrogens is 1. The fourth-order valence-electron chi connectivity index (χ4n) is 1.52. The SMILES string of the molecule is Cc1ccc(NCC(=O)N/N=C/c2cccnc2)cc1. The number of aryl methyl sites for hydroxylation is 1. The van der Waals surface area contributed by atoms with Gasteiger partial charge in [-0.3, -0.25) is 9.78 Å². The van der Waals surface area contributed by atoms with E-state index in [1.165, 1.54) is 5.56 Å². The third kappa shape index (κ3) is 4.53. The van der Waals surface area contributed by atoms with Gasteiger partial charge in [0, 0.05) is 23.6 Å². The lowest BCUT2D eigenvalue weighted by Crippen LogP contribution is -2.25. The number of carbonyl (C=O) groups is 1. The minimum atomic E-state index is -0.203. The molecule has 0 unspecified atom stereocenters. The summed E-state index contributed by atoms with van der Waals surface area (Å²) in [5.41, 5.74) is 5.37. The molecule has 2 rings (SSSR count). The molecule has 0 radical (unpaired) electrons. The van der Waals surface area contributed by atoms with Crippen LogP contribution in [0.25, 0.3) is 0 Å². The summed E-state index contributed by atoms with van der Waals surface area (Å²) in [5, 5.41) is 6.89. The van der Waals surface area contributed by atoms with Crippen LogP contribution in [0.15, 0.2) is 53.9 Å². The maximum absolute atomic E-state index is 11.6. The summed E-state index contributed by atoms with van der Waals surface area (Å²) in [7, 11) is 0. The number of hydrogen-bond donors (Lipinski definition) is 2. The zero-order chi connectivity index (χ0) is 14.2. The highest BCUT2D eigenvalue weighted by atomic mass is 16.2. The van der Waals surface area contributed by atoms with Crippen molar-refractivity contribution in [1.29, 1.82) is 0 Å². The molecule has 0 bridgehead atoms. The standard InChI is InChI=1S/C15H16N4O/c1-12-4-6-14(7-5-12)17-11-15(20)19-18-10-13-3-2-8-16-9-13/h2-10,17H,11H2,1H3,(H,19,20)/b18-10+. The molecular weight excluding hydrogens is 252 g/mol. The van der Waals surface area contributed by atoms with Crippen LogP contribution in [0, 0.1) is 6.92 Å². The molecule has 102 valence electrons. The highest BCUT2D eigenvalue weighted by Gasteiger charge is 1.98. The van der Waals surface area contributed by atoms with E-state index in [2.05, 4.69) is 20.8 Å². The molecule has 0 aliphatic carbocycles. The lowest BCUT2D eigenvalue weighted by atomic mass is 10.2. The average Bonchev–Trinajstić information content (AvgIpc) is 2.48. The van der Waals surface area contributed by atoms with Crippen molar-refractivity contribution in [3.63, 3.8) is 0 Å². The largest absolute Gasteiger partial charge is 0.376 e. The molecule has 0 atom stereocenters. The van der Waals surface area contributed by atoms with Gasteiger partial charge in [0.2, 0.25) is 0 Å². The molecule has 2 aromatic rings. The van der Waals surface area contributed by atoms with E-state index in [1.807, 2.05) is 43.3 Å². The van der Waals surface area contributed by atoms with Crippen LogP contribution in [-0.2, 0) is 4.79 Å². The smallest absolute Gasteiger partial charge is 0.259 e. The topological polar surface area (TPSA) is 66.4 Å². The van der Waals surface area contributed by atoms with Gasteiger partial charge in [-0.05, 0) is 25.1 Å². The van der Waals surface area contributed by atoms with Gasteiger partial charge in [-0.2, -0.15) is 5.10 Å². The van der Waals surface area contributed by atoms with Crippen molar-refractivity contribution in [2.24, 2.45) is 5.10 Å². The minimum absolute atomic E-state index is 0.174. The number of amides is 1. The summed E-state index contributed by atoms with van der Waals surface area (Å²) < 4.78 is 0. The van der Waals surface area contributed by atoms with E-state index < -0.39 is 0 Å². The van der Waals surface area contributed by atoms with Crippen LogP contribution < -0.4 is 10.7 Å². The number of carbonyl (C=O) groups excluding carboxylic acids is 1. The Morgan fingerprint density at radius 1 is 1.30 bits per heavy atom. The number of hydrogen-bond acceptors (Lipinski definition) is 4. The summed E-state index contributed by atoms with van der Waals surface area (Å²) in [6.45, 7) is 2.19. The number of nitrogens with one attached hydrogen (secondary N) is 2. The first kappa shape index (κ1) is 13.7. The highest BCUT2D eigenvalue weighted by molar-refractivity contribution is 5.84. The van der Waals surface area contributed by atoms with Crippen LogP contribution >= 0.6 is 0 Å². The fourth-order valence-corrected chi connectivity index (χ4v) is 1.52. The third-order valence-corrected chi connectivity index (χ3v) is 2.59. The zero-order valence-electron chi connectivity index (χ0n) is 11.2. The number of nitrogens with zero attached hydrogens (tertiary/aromatic N) is 2. The summed E-state index contributed by atoms with van der Waals surface area (Å²) in [5.74, 6) is -0.203. The molecule has 0 saturated carbocycles. The second-order valence-corrected chi connectivity index (χ2v) is 4.30. The highest BCUT2D eigenvalue weighted by Crippen LogP contribution is 2.07. The van der Waals surface area contributed by atoms with Crippen LogP contribution in [0.5, 0.6) is 0 Å². The lowest BCUT2D eigenvalue weighted by molar-refractivity contribution is -0.119. The predicted molar refractivity (Wildman–Crippen MR) is 79.6 cm³/mol. The second-order valence-electron chi connectivity index (χ2n) is 4.30. The van der Waals surface area contributed by atoms with Gasteiger partial charge in [-0.25, -0.2) is 5.43 Å². The minimum Gasteiger partial charge on any atom is -0.376 e. The molecule has 0 fully saturated rings. The molecule has 0 aliphatic rings. The van der Waals surface area contributed by atoms with Crippen LogP contribution in [0.3, 0.4) is 0 Å². The Morgan fingerprint density at radius 3 is 2.80 bits per heavy atom. The molecule has 1 aromatic carbocycles. The summed E-state index contributed by atoms with van der Waals surface area (Å²) in [6, 6.07) is 11.5. The van der Waals surface area contributed by atoms with Crippen LogP contribution in [0.4, 0.5) is 5.69 Å². The summed E-state index contributed by atoms with van der Waals surface area (Å²) in [6.07, 6.45) is 4.90. The Kier molecular flexibility index (Phi) is 4.83. The molecule has 1 aromatic heterocycles. The van der Waals surface area contributed by atoms with Gasteiger partial charge >= 0.3 is 0 Å². The molecule has 0 aliphatic heterocycles. The lowest BCUT2D eigenvalue weighted by Gasteiger charge is -2.05. The predicted octanol–water partition coefficient (Wildman–Crippen LogP) is 1.95. The number of hydrazone groups is 1. The Bertz CT molecular complexity index is 579. The number of pyridine rings is 1. The maximum atomic E-state index is 11.6. The van der Waals surface area contributed by atoms with Crippen LogP contribution in [-0.4, -0.2) is 23.7 Å². The molecule has 0 saturated heterocycles. The third-order valence-electron chi connectivity index (χ3n) is 2.59. The van der Waals surface area contributed by atoms with E-state index in [9.17, 15) is 4.79 Å². The van der Waals surface area contributed by atoms with Crippen molar-refractivity contribution >= 4 is 17.8 Å². The first-order valence-electron chi connectivity index (χ1n) is 6.26. The Morgan fingerprint density at radius 2 is 2.10 bits per heavy atom. The molecule has 0 spiro atoms. The molecule has 20 heavy (non-hydrogen) atoms. The van der Waals surface area contributed by atoms with Crippen molar-refractivity contribution in [1.82, 2.24) is 10.4 Å². The van der Waals surface area contributed by atoms with Gasteiger partial charge in [0.05, 0.1) is 12.8 Å². The zero-order valence-corrected chi connectivity index (χ0v) is 11.2. The van der Waals surface area contributed by atoms with Gasteiger partial charge in [-0.1, -0.05) is 23.8 Å². The second kappa shape index (κ2) is 7.04. The van der Waals surface area contributed by atoms with Crippen molar-refractivity contribution in [3.8, 4) is 0 Å². The number of rotatable bonds is 5. The van der Waals surface area contributed by atoms with Crippen molar-refractivity contribution in [2.75, 3.05) is 11.9 Å². The quantitative estimate of drug-likeness (QED) is 0.643. The molecule has 2 N–H and O–H groups in total. The Labute approximate surface area is 117 Å². The first-order chi connectivity index (χ1) is 9.74. The molecule has 5 heteroatoms. The van der Waals surface area contributed by atoms with Crippen LogP contribution in [0.1, 0.15) is 11.1 Å². The van der Waals surface area contributed by atoms with E-state index in [0.717, 1.165) is 11.3 Å². The Hall–Kier alpha value is -2.69. The van der Waals surface area contributed by atoms with Crippen LogP contribution in [0.2, 0.25) is 0 Å². The van der Waals surface area contributed by atoms with Gasteiger partial charge in [-0.15, -0.1) is 0 Å². The fraction of sp³-hybridized carbons (Fsp3) is 0.133. The number of benzene rings is 1. The monoisotopic (exact) mass is 268 g/mol. The summed E-state index contributed by atoms with van der Waals surface area (Å²) in [4.78, 5) is 15.5. The van der Waals surface area contributed by atoms with E-state index in [1.54, 1.807) is 18.6 Å². The van der Waals surface area contributed by atoms with Gasteiger partial charge in [0.15, 0.2) is 0 Å². The van der Waals surface area contributed by atoms with Gasteiger partial charge < -0.3 is 5.32 Å². The van der Waals surface area contributed by atoms with Crippen molar-refractivity contribution in [3.05, 3.63) is 59.9 Å². The molecule has 1 heterocycles. The van der Waals surface area contributed by atoms with Gasteiger partial charge in [0.25, 0.3) is 5.91 Å². The van der Waals surface area contributed by atoms with Gasteiger partial charge in [0.1, 0.15) is 0 Å². The molecule has 5 nitrogen and oxygen atoms in total.